The van der Waals surface area contributed by atoms with Crippen LogP contribution in [0.3, 0.4) is 0 Å². The normalized spacial score (nSPS) is 43.3. The van der Waals surface area contributed by atoms with E-state index in [2.05, 4.69) is 13.5 Å². The SMILES string of the molecule is C=C1[C@@H]2CC[C@H]3[C@]4(C)CCC[C@@](C)(C(=O)O)[C@H]4C[C@H](O)[C@]3(C2)[C@H]1OC(=O)/C=C/c1ccccc1. The fourth-order valence-electron chi connectivity index (χ4n) is 8.59. The van der Waals surface area contributed by atoms with Crippen molar-refractivity contribution < 1.29 is 24.5 Å². The van der Waals surface area contributed by atoms with E-state index in [1.807, 2.05) is 37.3 Å². The molecule has 2 N–H and O–H groups in total. The van der Waals surface area contributed by atoms with Crippen LogP contribution in [0.4, 0.5) is 0 Å². The van der Waals surface area contributed by atoms with E-state index in [0.717, 1.165) is 43.2 Å². The molecule has 2 bridgehead atoms. The topological polar surface area (TPSA) is 83.8 Å². The molecule has 0 heterocycles. The van der Waals surface area contributed by atoms with Gasteiger partial charge in [-0.3, -0.25) is 4.79 Å². The molecule has 8 atom stereocenters. The van der Waals surface area contributed by atoms with Crippen LogP contribution in [0.15, 0.2) is 48.6 Å². The second-order valence-electron chi connectivity index (χ2n) is 11.7. The molecule has 5 nitrogen and oxygen atoms in total. The van der Waals surface area contributed by atoms with Gasteiger partial charge in [-0.25, -0.2) is 4.79 Å². The Morgan fingerprint density at radius 1 is 1.12 bits per heavy atom. The molecule has 5 heteroatoms. The first-order valence-corrected chi connectivity index (χ1v) is 12.7. The summed E-state index contributed by atoms with van der Waals surface area (Å²) in [7, 11) is 0. The molecule has 1 aromatic rings. The van der Waals surface area contributed by atoms with Gasteiger partial charge in [0, 0.05) is 11.5 Å². The average molecular weight is 465 g/mol. The van der Waals surface area contributed by atoms with Gasteiger partial charge in [-0.1, -0.05) is 50.3 Å². The highest BCUT2D eigenvalue weighted by atomic mass is 16.5. The molecule has 182 valence electrons. The Labute approximate surface area is 201 Å². The van der Waals surface area contributed by atoms with E-state index in [1.165, 1.54) is 6.08 Å². The molecule has 34 heavy (non-hydrogen) atoms. The Balaban J connectivity index is 1.48. The van der Waals surface area contributed by atoms with Gasteiger partial charge in [0.1, 0.15) is 6.10 Å². The molecule has 4 aliphatic carbocycles. The van der Waals surface area contributed by atoms with Crippen molar-refractivity contribution in [2.75, 3.05) is 0 Å². The number of hydrogen-bond acceptors (Lipinski definition) is 4. The minimum atomic E-state index is -0.841. The van der Waals surface area contributed by atoms with E-state index in [9.17, 15) is 19.8 Å². The molecule has 4 aliphatic rings. The Morgan fingerprint density at radius 2 is 1.85 bits per heavy atom. The van der Waals surface area contributed by atoms with Crippen LogP contribution in [0.1, 0.15) is 64.4 Å². The first-order chi connectivity index (χ1) is 16.1. The Kier molecular flexibility index (Phi) is 5.55. The molecular weight excluding hydrogens is 428 g/mol. The zero-order valence-corrected chi connectivity index (χ0v) is 20.2. The summed E-state index contributed by atoms with van der Waals surface area (Å²) >= 11 is 0. The average Bonchev–Trinajstić information content (AvgIpc) is 3.01. The largest absolute Gasteiger partial charge is 0.481 e. The van der Waals surface area contributed by atoms with Crippen LogP contribution in [-0.2, 0) is 14.3 Å². The van der Waals surface area contributed by atoms with Crippen LogP contribution < -0.4 is 0 Å². The maximum absolute atomic E-state index is 12.9. The second-order valence-corrected chi connectivity index (χ2v) is 11.7. The number of benzene rings is 1. The van der Waals surface area contributed by atoms with Crippen molar-refractivity contribution in [1.82, 2.24) is 0 Å². The Bertz CT molecular complexity index is 1030. The summed E-state index contributed by atoms with van der Waals surface area (Å²) in [5.74, 6) is -0.952. The van der Waals surface area contributed by atoms with Crippen LogP contribution in [0.25, 0.3) is 6.08 Å². The van der Waals surface area contributed by atoms with Crippen LogP contribution >= 0.6 is 0 Å². The van der Waals surface area contributed by atoms with E-state index in [0.29, 0.717) is 12.8 Å². The lowest BCUT2D eigenvalue weighted by molar-refractivity contribution is -0.229. The zero-order chi connectivity index (χ0) is 24.3. The van der Waals surface area contributed by atoms with Crippen LogP contribution in [-0.4, -0.2) is 34.4 Å². The lowest BCUT2D eigenvalue weighted by atomic mass is 9.40. The van der Waals surface area contributed by atoms with Crippen LogP contribution in [0.2, 0.25) is 0 Å². The van der Waals surface area contributed by atoms with E-state index in [-0.39, 0.29) is 23.2 Å². The summed E-state index contributed by atoms with van der Waals surface area (Å²) in [6.07, 6.45) is 7.48. The van der Waals surface area contributed by atoms with E-state index >= 15 is 0 Å². The van der Waals surface area contributed by atoms with Gasteiger partial charge in [0.2, 0.25) is 0 Å². The maximum Gasteiger partial charge on any atom is 0.331 e. The molecule has 1 aromatic carbocycles. The van der Waals surface area contributed by atoms with Gasteiger partial charge < -0.3 is 14.9 Å². The molecule has 0 amide bonds. The quantitative estimate of drug-likeness (QED) is 0.361. The molecule has 0 saturated heterocycles. The third-order valence-electron chi connectivity index (χ3n) is 10.2. The number of aliphatic hydroxyl groups is 1. The summed E-state index contributed by atoms with van der Waals surface area (Å²) in [5.41, 5.74) is 0.194. The Morgan fingerprint density at radius 3 is 2.56 bits per heavy atom. The van der Waals surface area contributed by atoms with Gasteiger partial charge in [0.25, 0.3) is 0 Å². The summed E-state index contributed by atoms with van der Waals surface area (Å²) in [6, 6.07) is 9.61. The molecule has 0 aromatic heterocycles. The smallest absolute Gasteiger partial charge is 0.331 e. The molecule has 1 spiro atoms. The highest BCUT2D eigenvalue weighted by molar-refractivity contribution is 5.87. The van der Waals surface area contributed by atoms with Crippen molar-refractivity contribution in [2.24, 2.45) is 34.0 Å². The van der Waals surface area contributed by atoms with Gasteiger partial charge in [0.15, 0.2) is 0 Å². The molecular formula is C29H36O5. The highest BCUT2D eigenvalue weighted by Crippen LogP contribution is 2.72. The van der Waals surface area contributed by atoms with Crippen molar-refractivity contribution in [2.45, 2.75) is 71.0 Å². The van der Waals surface area contributed by atoms with Crippen molar-refractivity contribution in [3.8, 4) is 0 Å². The number of fused-ring (bicyclic) bond motifs is 3. The number of ether oxygens (including phenoxy) is 1. The van der Waals surface area contributed by atoms with E-state index < -0.39 is 35.0 Å². The van der Waals surface area contributed by atoms with Crippen molar-refractivity contribution in [3.05, 3.63) is 54.1 Å². The third kappa shape index (κ3) is 3.23. The Hall–Kier alpha value is -2.40. The summed E-state index contributed by atoms with van der Waals surface area (Å²) in [6.45, 7) is 8.46. The summed E-state index contributed by atoms with van der Waals surface area (Å²) < 4.78 is 6.11. The van der Waals surface area contributed by atoms with E-state index in [4.69, 9.17) is 4.74 Å². The standard InChI is InChI=1S/C29H36O5/c1-18-20-11-12-21-27(2)14-7-15-28(3,26(32)33)22(27)16-23(30)29(21,17-20)25(18)34-24(31)13-10-19-8-5-4-6-9-19/h4-6,8-10,13,20-23,25,30H,1,7,11-12,14-17H2,2-3H3,(H,32,33)/b13-10+/t20-,21+,22+,23+,25+,27+,28-,29-/m1/s1. The number of carboxylic acids is 1. The van der Waals surface area contributed by atoms with Crippen molar-refractivity contribution in [1.29, 1.82) is 0 Å². The predicted molar refractivity (Wildman–Crippen MR) is 130 cm³/mol. The number of carbonyl (C=O) groups excluding carboxylic acids is 1. The lowest BCUT2D eigenvalue weighted by Crippen LogP contribution is -2.65. The number of esters is 1. The molecule has 0 aliphatic heterocycles. The van der Waals surface area contributed by atoms with Crippen molar-refractivity contribution in [3.63, 3.8) is 0 Å². The van der Waals surface area contributed by atoms with Gasteiger partial charge in [0.05, 0.1) is 11.5 Å². The lowest BCUT2D eigenvalue weighted by Gasteiger charge is -2.65. The highest BCUT2D eigenvalue weighted by Gasteiger charge is 2.71. The molecule has 4 saturated carbocycles. The fraction of sp³-hybridized carbons (Fsp3) is 0.586. The molecule has 0 radical (unpaired) electrons. The summed E-state index contributed by atoms with van der Waals surface area (Å²) in [5, 5.41) is 21.9. The number of carboxylic acid groups (broad SMARTS) is 1. The fourth-order valence-corrected chi connectivity index (χ4v) is 8.59. The van der Waals surface area contributed by atoms with Gasteiger partial charge in [-0.05, 0) is 85.8 Å². The third-order valence-corrected chi connectivity index (χ3v) is 10.2. The molecule has 0 unspecified atom stereocenters. The van der Waals surface area contributed by atoms with E-state index in [1.54, 1.807) is 6.08 Å². The molecule has 4 fully saturated rings. The first kappa shape index (κ1) is 23.3. The minimum Gasteiger partial charge on any atom is -0.481 e. The second kappa shape index (κ2) is 8.08. The minimum absolute atomic E-state index is 0.0964. The molecule has 5 rings (SSSR count). The van der Waals surface area contributed by atoms with Crippen molar-refractivity contribution >= 4 is 18.0 Å². The number of rotatable bonds is 4. The monoisotopic (exact) mass is 464 g/mol. The predicted octanol–water partition coefficient (Wildman–Crippen LogP) is 5.25. The summed E-state index contributed by atoms with van der Waals surface area (Å²) in [4.78, 5) is 25.3. The van der Waals surface area contributed by atoms with Gasteiger partial charge in [-0.15, -0.1) is 0 Å². The number of carbonyl (C=O) groups is 2. The van der Waals surface area contributed by atoms with Crippen LogP contribution in [0.5, 0.6) is 0 Å². The number of aliphatic hydroxyl groups excluding tert-OH is 1. The van der Waals surface area contributed by atoms with Crippen LogP contribution in [0, 0.1) is 34.0 Å². The zero-order valence-electron chi connectivity index (χ0n) is 20.2. The maximum atomic E-state index is 12.9. The van der Waals surface area contributed by atoms with Gasteiger partial charge in [-0.2, -0.15) is 0 Å². The van der Waals surface area contributed by atoms with Gasteiger partial charge >= 0.3 is 11.9 Å². The number of aliphatic carboxylic acids is 1. The first-order valence-electron chi connectivity index (χ1n) is 12.7. The number of hydrogen-bond donors (Lipinski definition) is 2.